The number of benzene rings is 1. The molecule has 3 heteroatoms. The summed E-state index contributed by atoms with van der Waals surface area (Å²) in [5, 5.41) is 0. The van der Waals surface area contributed by atoms with Crippen molar-refractivity contribution in [2.24, 2.45) is 11.7 Å². The molecule has 0 radical (unpaired) electrons. The third-order valence-corrected chi connectivity index (χ3v) is 2.94. The van der Waals surface area contributed by atoms with Gasteiger partial charge in [-0.15, -0.1) is 0 Å². The highest BCUT2D eigenvalue weighted by Crippen LogP contribution is 2.30. The minimum absolute atomic E-state index is 0.0877. The minimum Gasteiger partial charge on any atom is -0.330 e. The lowest BCUT2D eigenvalue weighted by Crippen LogP contribution is -2.28. The molecule has 0 spiro atoms. The lowest BCUT2D eigenvalue weighted by atomic mass is 9.91. The Morgan fingerprint density at radius 1 is 1.31 bits per heavy atom. The highest BCUT2D eigenvalue weighted by atomic mass is 19.1. The SMILES string of the molecule is CC(CCN)C(c1ccccc1F)N(C)C. The Hall–Kier alpha value is -0.930. The molecule has 0 heterocycles. The van der Waals surface area contributed by atoms with Gasteiger partial charge in [-0.1, -0.05) is 25.1 Å². The van der Waals surface area contributed by atoms with E-state index in [1.807, 2.05) is 26.2 Å². The number of rotatable bonds is 5. The van der Waals surface area contributed by atoms with Gasteiger partial charge in [0.2, 0.25) is 0 Å². The zero-order valence-electron chi connectivity index (χ0n) is 10.3. The Bertz CT molecular complexity index is 325. The van der Waals surface area contributed by atoms with Gasteiger partial charge in [0.1, 0.15) is 5.82 Å². The second-order valence-corrected chi connectivity index (χ2v) is 4.48. The molecule has 90 valence electrons. The zero-order valence-corrected chi connectivity index (χ0v) is 10.3. The van der Waals surface area contributed by atoms with Crippen LogP contribution >= 0.6 is 0 Å². The quantitative estimate of drug-likeness (QED) is 0.832. The van der Waals surface area contributed by atoms with Crippen LogP contribution in [0.1, 0.15) is 24.9 Å². The van der Waals surface area contributed by atoms with E-state index in [1.165, 1.54) is 6.07 Å². The van der Waals surface area contributed by atoms with E-state index in [0.29, 0.717) is 12.5 Å². The molecule has 2 atom stereocenters. The molecular weight excluding hydrogens is 203 g/mol. The Morgan fingerprint density at radius 2 is 1.94 bits per heavy atom. The van der Waals surface area contributed by atoms with Crippen LogP contribution in [0.3, 0.4) is 0 Å². The van der Waals surface area contributed by atoms with E-state index >= 15 is 0 Å². The smallest absolute Gasteiger partial charge is 0.127 e. The maximum Gasteiger partial charge on any atom is 0.127 e. The van der Waals surface area contributed by atoms with Crippen molar-refractivity contribution in [3.05, 3.63) is 35.6 Å². The third-order valence-electron chi connectivity index (χ3n) is 2.94. The van der Waals surface area contributed by atoms with E-state index in [4.69, 9.17) is 5.73 Å². The van der Waals surface area contributed by atoms with Gasteiger partial charge in [0.25, 0.3) is 0 Å². The predicted octanol–water partition coefficient (Wildman–Crippen LogP) is 2.41. The van der Waals surface area contributed by atoms with Crippen LogP contribution in [0.4, 0.5) is 4.39 Å². The van der Waals surface area contributed by atoms with Crippen LogP contribution in [-0.4, -0.2) is 25.5 Å². The van der Waals surface area contributed by atoms with Gasteiger partial charge in [0, 0.05) is 11.6 Å². The van der Waals surface area contributed by atoms with Gasteiger partial charge in [-0.25, -0.2) is 4.39 Å². The van der Waals surface area contributed by atoms with Crippen LogP contribution < -0.4 is 5.73 Å². The van der Waals surface area contributed by atoms with Crippen LogP contribution in [0.15, 0.2) is 24.3 Å². The summed E-state index contributed by atoms with van der Waals surface area (Å²) in [6.07, 6.45) is 0.900. The maximum absolute atomic E-state index is 13.7. The van der Waals surface area contributed by atoms with E-state index in [9.17, 15) is 4.39 Å². The second-order valence-electron chi connectivity index (χ2n) is 4.48. The van der Waals surface area contributed by atoms with Gasteiger partial charge < -0.3 is 10.6 Å². The molecule has 2 N–H and O–H groups in total. The third kappa shape index (κ3) is 3.03. The fraction of sp³-hybridized carbons (Fsp3) is 0.538. The summed E-state index contributed by atoms with van der Waals surface area (Å²) >= 11 is 0. The van der Waals surface area contributed by atoms with Crippen LogP contribution in [0.25, 0.3) is 0 Å². The number of nitrogens with zero attached hydrogens (tertiary/aromatic N) is 1. The van der Waals surface area contributed by atoms with Gasteiger partial charge in [-0.3, -0.25) is 0 Å². The highest BCUT2D eigenvalue weighted by molar-refractivity contribution is 5.21. The van der Waals surface area contributed by atoms with E-state index < -0.39 is 0 Å². The molecule has 0 fully saturated rings. The second kappa shape index (κ2) is 5.97. The van der Waals surface area contributed by atoms with Gasteiger partial charge in [-0.2, -0.15) is 0 Å². The normalized spacial score (nSPS) is 15.1. The number of nitrogens with two attached hydrogens (primary N) is 1. The summed E-state index contributed by atoms with van der Waals surface area (Å²) in [7, 11) is 3.95. The highest BCUT2D eigenvalue weighted by Gasteiger charge is 2.23. The van der Waals surface area contributed by atoms with E-state index in [2.05, 4.69) is 11.8 Å². The van der Waals surface area contributed by atoms with Gasteiger partial charge in [-0.05, 0) is 39.0 Å². The summed E-state index contributed by atoms with van der Waals surface area (Å²) in [4.78, 5) is 2.05. The zero-order chi connectivity index (χ0) is 12.1. The van der Waals surface area contributed by atoms with Crippen molar-refractivity contribution >= 4 is 0 Å². The van der Waals surface area contributed by atoms with Gasteiger partial charge in [0.15, 0.2) is 0 Å². The van der Waals surface area contributed by atoms with Crippen molar-refractivity contribution in [3.8, 4) is 0 Å². The molecule has 2 nitrogen and oxygen atoms in total. The van der Waals surface area contributed by atoms with E-state index in [0.717, 1.165) is 12.0 Å². The Kier molecular flexibility index (Phi) is 4.90. The Balaban J connectivity index is 2.98. The van der Waals surface area contributed by atoms with Gasteiger partial charge >= 0.3 is 0 Å². The molecule has 0 aromatic heterocycles. The summed E-state index contributed by atoms with van der Waals surface area (Å²) in [6, 6.07) is 7.06. The molecule has 2 unspecified atom stereocenters. The summed E-state index contributed by atoms with van der Waals surface area (Å²) < 4.78 is 13.7. The first-order chi connectivity index (χ1) is 7.57. The molecule has 0 saturated carbocycles. The number of hydrogen-bond donors (Lipinski definition) is 1. The van der Waals surface area contributed by atoms with Crippen molar-refractivity contribution in [3.63, 3.8) is 0 Å². The Morgan fingerprint density at radius 3 is 2.44 bits per heavy atom. The summed E-state index contributed by atoms with van der Waals surface area (Å²) in [6.45, 7) is 2.75. The molecule has 0 amide bonds. The monoisotopic (exact) mass is 224 g/mol. The first-order valence-corrected chi connectivity index (χ1v) is 5.68. The van der Waals surface area contributed by atoms with Crippen molar-refractivity contribution in [1.29, 1.82) is 0 Å². The summed E-state index contributed by atoms with van der Waals surface area (Å²) in [5.41, 5.74) is 6.33. The fourth-order valence-electron chi connectivity index (χ4n) is 2.23. The molecule has 0 aliphatic rings. The van der Waals surface area contributed by atoms with Crippen LogP contribution in [-0.2, 0) is 0 Å². The first-order valence-electron chi connectivity index (χ1n) is 5.68. The first kappa shape index (κ1) is 13.1. The predicted molar refractivity (Wildman–Crippen MR) is 65.7 cm³/mol. The molecule has 0 bridgehead atoms. The molecule has 1 aromatic carbocycles. The molecule has 0 aliphatic heterocycles. The van der Waals surface area contributed by atoms with Crippen LogP contribution in [0.5, 0.6) is 0 Å². The van der Waals surface area contributed by atoms with E-state index in [-0.39, 0.29) is 11.9 Å². The molecular formula is C13H21FN2. The molecule has 0 aliphatic carbocycles. The Labute approximate surface area is 97.3 Å². The van der Waals surface area contributed by atoms with Crippen molar-refractivity contribution < 1.29 is 4.39 Å². The molecule has 0 saturated heterocycles. The molecule has 1 rings (SSSR count). The standard InChI is InChI=1S/C13H21FN2/c1-10(8-9-15)13(16(2)3)11-6-4-5-7-12(11)14/h4-7,10,13H,8-9,15H2,1-3H3. The topological polar surface area (TPSA) is 29.3 Å². The van der Waals surface area contributed by atoms with Crippen molar-refractivity contribution in [1.82, 2.24) is 4.90 Å². The molecule has 1 aromatic rings. The number of hydrogen-bond acceptors (Lipinski definition) is 2. The average Bonchev–Trinajstić information content (AvgIpc) is 2.21. The lowest BCUT2D eigenvalue weighted by molar-refractivity contribution is 0.211. The largest absolute Gasteiger partial charge is 0.330 e. The lowest BCUT2D eigenvalue weighted by Gasteiger charge is -2.30. The summed E-state index contributed by atoms with van der Waals surface area (Å²) in [5.74, 6) is 0.210. The average molecular weight is 224 g/mol. The van der Waals surface area contributed by atoms with Crippen LogP contribution in [0, 0.1) is 11.7 Å². The number of halogens is 1. The maximum atomic E-state index is 13.7. The van der Waals surface area contributed by atoms with Crippen molar-refractivity contribution in [2.75, 3.05) is 20.6 Å². The minimum atomic E-state index is -0.134. The van der Waals surface area contributed by atoms with E-state index in [1.54, 1.807) is 6.07 Å². The van der Waals surface area contributed by atoms with Crippen molar-refractivity contribution in [2.45, 2.75) is 19.4 Å². The van der Waals surface area contributed by atoms with Gasteiger partial charge in [0.05, 0.1) is 0 Å². The molecule has 16 heavy (non-hydrogen) atoms. The fourth-order valence-corrected chi connectivity index (χ4v) is 2.23. The van der Waals surface area contributed by atoms with Crippen LogP contribution in [0.2, 0.25) is 0 Å².